The Morgan fingerprint density at radius 3 is 2.56 bits per heavy atom. The maximum Gasteiger partial charge on any atom is 0.418 e. The number of hydrogen-bond acceptors (Lipinski definition) is 1. The first-order valence-corrected chi connectivity index (χ1v) is 6.32. The standard InChI is InChI=1S/C12H10BrF3N2/c1-8-17-4-5-18(8)11-3-2-9(7-13)6-10(11)12(14,15)16/h2-6H,7H2,1H3. The van der Waals surface area contributed by atoms with Crippen LogP contribution in [0.15, 0.2) is 30.6 Å². The Hall–Kier alpha value is -1.30. The van der Waals surface area contributed by atoms with Crippen LogP contribution in [0, 0.1) is 6.92 Å². The number of aromatic nitrogens is 2. The molecule has 18 heavy (non-hydrogen) atoms. The first-order valence-electron chi connectivity index (χ1n) is 5.20. The number of hydrogen-bond donors (Lipinski definition) is 0. The van der Waals surface area contributed by atoms with Crippen molar-refractivity contribution in [3.63, 3.8) is 0 Å². The van der Waals surface area contributed by atoms with Crippen molar-refractivity contribution in [1.82, 2.24) is 9.55 Å². The van der Waals surface area contributed by atoms with Crippen molar-refractivity contribution in [2.24, 2.45) is 0 Å². The molecule has 0 amide bonds. The third-order valence-corrected chi connectivity index (χ3v) is 3.25. The van der Waals surface area contributed by atoms with Crippen LogP contribution < -0.4 is 0 Å². The van der Waals surface area contributed by atoms with Crippen LogP contribution >= 0.6 is 15.9 Å². The van der Waals surface area contributed by atoms with Gasteiger partial charge in [0.1, 0.15) is 5.82 Å². The highest BCUT2D eigenvalue weighted by Gasteiger charge is 2.34. The second-order valence-electron chi connectivity index (χ2n) is 3.83. The van der Waals surface area contributed by atoms with Gasteiger partial charge in [0.05, 0.1) is 11.3 Å². The Balaban J connectivity index is 2.64. The van der Waals surface area contributed by atoms with Crippen LogP contribution in [0.4, 0.5) is 13.2 Å². The Bertz CT molecular complexity index is 561. The van der Waals surface area contributed by atoms with E-state index in [9.17, 15) is 13.2 Å². The molecule has 0 N–H and O–H groups in total. The molecule has 0 saturated heterocycles. The molecule has 0 radical (unpaired) electrons. The summed E-state index contributed by atoms with van der Waals surface area (Å²) in [5.41, 5.74) is 0.0339. The summed E-state index contributed by atoms with van der Waals surface area (Å²) >= 11 is 3.16. The number of nitrogens with zero attached hydrogens (tertiary/aromatic N) is 2. The molecule has 0 aliphatic heterocycles. The second-order valence-corrected chi connectivity index (χ2v) is 4.39. The monoisotopic (exact) mass is 318 g/mol. The van der Waals surface area contributed by atoms with E-state index >= 15 is 0 Å². The fourth-order valence-electron chi connectivity index (χ4n) is 1.74. The van der Waals surface area contributed by atoms with E-state index in [-0.39, 0.29) is 5.69 Å². The molecule has 2 rings (SSSR count). The molecule has 0 spiro atoms. The molecule has 0 unspecified atom stereocenters. The molecule has 2 aromatic rings. The number of alkyl halides is 4. The van der Waals surface area contributed by atoms with E-state index in [0.29, 0.717) is 16.7 Å². The molecule has 0 aliphatic rings. The van der Waals surface area contributed by atoms with E-state index in [4.69, 9.17) is 0 Å². The summed E-state index contributed by atoms with van der Waals surface area (Å²) in [6, 6.07) is 4.29. The molecule has 0 fully saturated rings. The number of benzene rings is 1. The Morgan fingerprint density at radius 1 is 1.33 bits per heavy atom. The molecule has 6 heteroatoms. The van der Waals surface area contributed by atoms with Gasteiger partial charge < -0.3 is 4.57 Å². The lowest BCUT2D eigenvalue weighted by atomic mass is 10.1. The maximum atomic E-state index is 13.0. The van der Waals surface area contributed by atoms with Crippen LogP contribution in [0.5, 0.6) is 0 Å². The van der Waals surface area contributed by atoms with Gasteiger partial charge in [-0.3, -0.25) is 0 Å². The zero-order valence-corrected chi connectivity index (χ0v) is 11.1. The third-order valence-electron chi connectivity index (χ3n) is 2.61. The minimum Gasteiger partial charge on any atom is -0.303 e. The highest BCUT2D eigenvalue weighted by molar-refractivity contribution is 9.08. The smallest absolute Gasteiger partial charge is 0.303 e. The fraction of sp³-hybridized carbons (Fsp3) is 0.250. The van der Waals surface area contributed by atoms with Crippen molar-refractivity contribution in [2.45, 2.75) is 18.4 Å². The van der Waals surface area contributed by atoms with Gasteiger partial charge in [0.2, 0.25) is 0 Å². The predicted molar refractivity (Wildman–Crippen MR) is 65.9 cm³/mol. The summed E-state index contributed by atoms with van der Waals surface area (Å²) in [6.07, 6.45) is -1.38. The lowest BCUT2D eigenvalue weighted by molar-refractivity contribution is -0.137. The molecular weight excluding hydrogens is 309 g/mol. The molecule has 1 heterocycles. The predicted octanol–water partition coefficient (Wildman–Crippen LogP) is 4.09. The van der Waals surface area contributed by atoms with Gasteiger partial charge in [0, 0.05) is 17.7 Å². The Morgan fingerprint density at radius 2 is 2.06 bits per heavy atom. The molecule has 0 aliphatic carbocycles. The number of halogens is 4. The van der Waals surface area contributed by atoms with Gasteiger partial charge in [-0.05, 0) is 24.6 Å². The van der Waals surface area contributed by atoms with Gasteiger partial charge in [-0.1, -0.05) is 22.0 Å². The van der Waals surface area contributed by atoms with Gasteiger partial charge in [-0.15, -0.1) is 0 Å². The molecule has 0 atom stereocenters. The van der Waals surface area contributed by atoms with E-state index in [1.54, 1.807) is 13.0 Å². The van der Waals surface area contributed by atoms with Gasteiger partial charge in [-0.2, -0.15) is 13.2 Å². The summed E-state index contributed by atoms with van der Waals surface area (Å²) < 4.78 is 40.5. The normalized spacial score (nSPS) is 11.8. The molecule has 2 nitrogen and oxygen atoms in total. The van der Waals surface area contributed by atoms with Crippen LogP contribution in [0.2, 0.25) is 0 Å². The van der Waals surface area contributed by atoms with Crippen molar-refractivity contribution in [3.05, 3.63) is 47.5 Å². The maximum absolute atomic E-state index is 13.0. The number of aryl methyl sites for hydroxylation is 1. The van der Waals surface area contributed by atoms with Gasteiger partial charge in [0.25, 0.3) is 0 Å². The van der Waals surface area contributed by atoms with Crippen molar-refractivity contribution in [2.75, 3.05) is 0 Å². The van der Waals surface area contributed by atoms with Crippen LogP contribution in [0.1, 0.15) is 17.0 Å². The fourth-order valence-corrected chi connectivity index (χ4v) is 2.08. The first kappa shape index (κ1) is 13.1. The first-order chi connectivity index (χ1) is 8.43. The van der Waals surface area contributed by atoms with Crippen molar-refractivity contribution in [3.8, 4) is 5.69 Å². The minimum atomic E-state index is -4.38. The van der Waals surface area contributed by atoms with Crippen molar-refractivity contribution < 1.29 is 13.2 Å². The quantitative estimate of drug-likeness (QED) is 0.762. The summed E-state index contributed by atoms with van der Waals surface area (Å²) in [5, 5.41) is 0.388. The molecule has 1 aromatic carbocycles. The topological polar surface area (TPSA) is 17.8 Å². The van der Waals surface area contributed by atoms with E-state index in [2.05, 4.69) is 20.9 Å². The van der Waals surface area contributed by atoms with Crippen LogP contribution in [0.3, 0.4) is 0 Å². The van der Waals surface area contributed by atoms with Crippen LogP contribution in [0.25, 0.3) is 5.69 Å². The summed E-state index contributed by atoms with van der Waals surface area (Å²) in [5.74, 6) is 0.520. The van der Waals surface area contributed by atoms with E-state index in [1.807, 2.05) is 0 Å². The Labute approximate surface area is 111 Å². The minimum absolute atomic E-state index is 0.0993. The molecule has 1 aromatic heterocycles. The molecule has 0 saturated carbocycles. The molecule has 0 bridgehead atoms. The van der Waals surface area contributed by atoms with Crippen LogP contribution in [-0.4, -0.2) is 9.55 Å². The zero-order valence-electron chi connectivity index (χ0n) is 9.50. The highest BCUT2D eigenvalue weighted by Crippen LogP contribution is 2.35. The van der Waals surface area contributed by atoms with E-state index in [1.165, 1.54) is 23.0 Å². The summed E-state index contributed by atoms with van der Waals surface area (Å²) in [6.45, 7) is 1.67. The Kier molecular flexibility index (Phi) is 3.47. The van der Waals surface area contributed by atoms with Crippen LogP contribution in [-0.2, 0) is 11.5 Å². The van der Waals surface area contributed by atoms with Gasteiger partial charge in [-0.25, -0.2) is 4.98 Å². The highest BCUT2D eigenvalue weighted by atomic mass is 79.9. The molecule has 96 valence electrons. The summed E-state index contributed by atoms with van der Waals surface area (Å²) in [7, 11) is 0. The third kappa shape index (κ3) is 2.43. The van der Waals surface area contributed by atoms with Crippen molar-refractivity contribution in [1.29, 1.82) is 0 Å². The zero-order chi connectivity index (χ0) is 13.3. The summed E-state index contributed by atoms with van der Waals surface area (Å²) in [4.78, 5) is 3.95. The lowest BCUT2D eigenvalue weighted by Gasteiger charge is -2.15. The SMILES string of the molecule is Cc1nccn1-c1ccc(CBr)cc1C(F)(F)F. The van der Waals surface area contributed by atoms with Crippen molar-refractivity contribution >= 4 is 15.9 Å². The second kappa shape index (κ2) is 4.76. The molecular formula is C12H10BrF3N2. The number of rotatable bonds is 2. The van der Waals surface area contributed by atoms with Gasteiger partial charge >= 0.3 is 6.18 Å². The average molecular weight is 319 g/mol. The van der Waals surface area contributed by atoms with E-state index in [0.717, 1.165) is 6.07 Å². The largest absolute Gasteiger partial charge is 0.418 e. The van der Waals surface area contributed by atoms with E-state index < -0.39 is 11.7 Å². The number of imidazole rings is 1. The van der Waals surface area contributed by atoms with Gasteiger partial charge in [0.15, 0.2) is 0 Å². The lowest BCUT2D eigenvalue weighted by Crippen LogP contribution is -2.11. The average Bonchev–Trinajstić information content (AvgIpc) is 2.73.